The molecule has 1 saturated heterocycles. The number of aliphatic hydroxyl groups is 1. The molecule has 1 aromatic rings. The van der Waals surface area contributed by atoms with E-state index in [-0.39, 0.29) is 17.2 Å². The number of rotatable bonds is 9. The molecule has 0 radical (unpaired) electrons. The van der Waals surface area contributed by atoms with Crippen molar-refractivity contribution in [1.82, 2.24) is 9.21 Å². The Bertz CT molecular complexity index is 872. The molecule has 182 valence electrons. The molecule has 2 atom stereocenters. The number of alkyl halides is 3. The number of aliphatic hydroxyl groups excluding tert-OH is 1. The fourth-order valence-electron chi connectivity index (χ4n) is 3.97. The van der Waals surface area contributed by atoms with Gasteiger partial charge in [-0.2, -0.15) is 13.2 Å². The average molecular weight is 540 g/mol. The van der Waals surface area contributed by atoms with E-state index >= 15 is 0 Å². The third kappa shape index (κ3) is 6.71. The van der Waals surface area contributed by atoms with Gasteiger partial charge in [0.1, 0.15) is 0 Å². The first-order valence-electron chi connectivity index (χ1n) is 10.7. The Kier molecular flexibility index (Phi) is 9.64. The van der Waals surface area contributed by atoms with Crippen LogP contribution in [0.3, 0.4) is 0 Å². The molecule has 1 N–H and O–H groups in total. The first kappa shape index (κ1) is 27.2. The van der Waals surface area contributed by atoms with Gasteiger partial charge in [0.05, 0.1) is 0 Å². The molecule has 1 amide bonds. The molecule has 2 unspecified atom stereocenters. The summed E-state index contributed by atoms with van der Waals surface area (Å²) in [5.74, 6) is 0.539. The monoisotopic (exact) mass is 540 g/mol. The predicted molar refractivity (Wildman–Crippen MR) is 118 cm³/mol. The number of benzene rings is 1. The number of piperidine rings is 1. The third-order valence-electron chi connectivity index (χ3n) is 5.63. The Labute approximate surface area is 194 Å². The number of hydrogen-bond acceptors (Lipinski definition) is 4. The summed E-state index contributed by atoms with van der Waals surface area (Å²) in [5.41, 5.74) is 1.06. The molecular formula is C21H32AsF3N2O4S. The molecule has 11 heteroatoms. The van der Waals surface area contributed by atoms with E-state index in [2.05, 4.69) is 19.6 Å². The summed E-state index contributed by atoms with van der Waals surface area (Å²) in [5, 5.41) is 9.44. The summed E-state index contributed by atoms with van der Waals surface area (Å²) < 4.78 is 66.7. The van der Waals surface area contributed by atoms with Gasteiger partial charge in [-0.3, -0.25) is 0 Å². The van der Waals surface area contributed by atoms with Gasteiger partial charge in [-0.1, -0.05) is 0 Å². The third-order valence-corrected chi connectivity index (χ3v) is 10.0. The predicted octanol–water partition coefficient (Wildman–Crippen LogP) is 3.00. The Morgan fingerprint density at radius 2 is 1.91 bits per heavy atom. The van der Waals surface area contributed by atoms with Gasteiger partial charge in [-0.15, -0.1) is 0 Å². The van der Waals surface area contributed by atoms with E-state index in [1.807, 2.05) is 0 Å². The number of halogens is 3. The van der Waals surface area contributed by atoms with Gasteiger partial charge < -0.3 is 0 Å². The fraction of sp³-hybridized carbons (Fsp3) is 0.667. The number of nitrogens with zero attached hydrogens (tertiary/aromatic N) is 2. The zero-order chi connectivity index (χ0) is 24.1. The Morgan fingerprint density at radius 3 is 2.41 bits per heavy atom. The summed E-state index contributed by atoms with van der Waals surface area (Å²) >= 11 is -0.412. The number of likely N-dealkylation sites (tertiary alicyclic amines) is 1. The molecule has 32 heavy (non-hydrogen) atoms. The zero-order valence-corrected chi connectivity index (χ0v) is 21.5. The van der Waals surface area contributed by atoms with Gasteiger partial charge in [0.2, 0.25) is 0 Å². The van der Waals surface area contributed by atoms with E-state index in [4.69, 9.17) is 0 Å². The second kappa shape index (κ2) is 11.4. The molecule has 1 aliphatic heterocycles. The van der Waals surface area contributed by atoms with Crippen molar-refractivity contribution in [3.05, 3.63) is 29.8 Å². The van der Waals surface area contributed by atoms with E-state index < -0.39 is 55.1 Å². The van der Waals surface area contributed by atoms with Crippen molar-refractivity contribution in [3.63, 3.8) is 0 Å². The van der Waals surface area contributed by atoms with Crippen LogP contribution >= 0.6 is 0 Å². The van der Waals surface area contributed by atoms with E-state index in [0.29, 0.717) is 37.9 Å². The maximum absolute atomic E-state index is 13.2. The molecule has 1 aromatic carbocycles. The van der Waals surface area contributed by atoms with Crippen LogP contribution in [0.15, 0.2) is 29.2 Å². The van der Waals surface area contributed by atoms with Crippen molar-refractivity contribution in [2.75, 3.05) is 26.2 Å². The average Bonchev–Trinajstić information content (AvgIpc) is 2.74. The Balaban J connectivity index is 2.18. The van der Waals surface area contributed by atoms with Crippen LogP contribution in [0, 0.1) is 5.92 Å². The van der Waals surface area contributed by atoms with Crippen LogP contribution < -0.4 is 0 Å². The number of carbonyl (C=O) groups excluding carboxylic acids is 1. The molecule has 0 saturated carbocycles. The zero-order valence-electron chi connectivity index (χ0n) is 18.6. The molecule has 0 bridgehead atoms. The van der Waals surface area contributed by atoms with Crippen LogP contribution in [-0.4, -0.2) is 76.7 Å². The molecule has 0 aliphatic carbocycles. The van der Waals surface area contributed by atoms with Crippen molar-refractivity contribution < 1.29 is 31.5 Å². The Hall–Kier alpha value is -1.09. The van der Waals surface area contributed by atoms with Crippen LogP contribution in [0.2, 0.25) is 10.4 Å². The molecule has 0 spiro atoms. The van der Waals surface area contributed by atoms with Crippen molar-refractivity contribution in [2.45, 2.75) is 60.6 Å². The molecule has 1 aliphatic rings. The summed E-state index contributed by atoms with van der Waals surface area (Å²) in [4.78, 5) is 14.2. The van der Waals surface area contributed by atoms with Crippen molar-refractivity contribution >= 4 is 31.7 Å². The Morgan fingerprint density at radius 1 is 1.28 bits per heavy atom. The summed E-state index contributed by atoms with van der Waals surface area (Å²) in [6.07, 6.45) is -3.06. The van der Waals surface area contributed by atoms with E-state index in [1.54, 1.807) is 4.90 Å². The van der Waals surface area contributed by atoms with Crippen LogP contribution in [0.1, 0.15) is 38.7 Å². The first-order valence-corrected chi connectivity index (χ1v) is 15.4. The van der Waals surface area contributed by atoms with Crippen molar-refractivity contribution in [2.24, 2.45) is 5.92 Å². The maximum atomic E-state index is 13.2. The second-order valence-electron chi connectivity index (χ2n) is 8.39. The molecule has 0 aromatic heterocycles. The normalized spacial score (nSPS) is 17.6. The minimum atomic E-state index is -4.66. The molecule has 1 fully saturated rings. The van der Waals surface area contributed by atoms with Gasteiger partial charge in [-0.05, 0) is 0 Å². The van der Waals surface area contributed by atoms with E-state index in [0.717, 1.165) is 28.9 Å². The number of carbonyl (C=O) groups is 1. The second-order valence-corrected chi connectivity index (χ2v) is 13.0. The van der Waals surface area contributed by atoms with Crippen LogP contribution in [0.5, 0.6) is 0 Å². The van der Waals surface area contributed by atoms with Crippen molar-refractivity contribution in [3.8, 4) is 0 Å². The summed E-state index contributed by atoms with van der Waals surface area (Å²) in [6, 6.07) is 3.16. The molecular weight excluding hydrogens is 508 g/mol. The van der Waals surface area contributed by atoms with Gasteiger partial charge in [0.15, 0.2) is 0 Å². The summed E-state index contributed by atoms with van der Waals surface area (Å²) in [7, 11) is -4.24. The van der Waals surface area contributed by atoms with Crippen LogP contribution in [-0.2, 0) is 21.0 Å². The van der Waals surface area contributed by atoms with E-state index in [9.17, 15) is 31.5 Å². The van der Waals surface area contributed by atoms with Gasteiger partial charge >= 0.3 is 182 Å². The molecule has 6 nitrogen and oxygen atoms in total. The molecule has 1 heterocycles. The SMILES string of the molecule is C[AsH]C(CC(C)C)C(=O)N1CCC(N(CCO)S(=O)(=O)c2cccc(C(F)(F)F)c2)CC1. The van der Waals surface area contributed by atoms with Gasteiger partial charge in [-0.25, -0.2) is 0 Å². The first-order chi connectivity index (χ1) is 14.9. The number of amides is 1. The van der Waals surface area contributed by atoms with Crippen molar-refractivity contribution in [1.29, 1.82) is 0 Å². The fourth-order valence-corrected chi connectivity index (χ4v) is 8.08. The van der Waals surface area contributed by atoms with Crippen LogP contribution in [0.25, 0.3) is 0 Å². The van der Waals surface area contributed by atoms with Gasteiger partial charge in [0, 0.05) is 0 Å². The number of sulfonamides is 1. The van der Waals surface area contributed by atoms with Crippen LogP contribution in [0.4, 0.5) is 13.2 Å². The topological polar surface area (TPSA) is 77.9 Å². The molecule has 2 rings (SSSR count). The minimum absolute atomic E-state index is 0.0499. The van der Waals surface area contributed by atoms with E-state index in [1.165, 1.54) is 0 Å². The van der Waals surface area contributed by atoms with Gasteiger partial charge in [0.25, 0.3) is 0 Å². The standard InChI is InChI=1S/C21H32AsF3N2O4S/c1-15(2)13-19(22-3)20(29)26-9-7-17(8-10-26)27(11-12-28)32(30,31)18-6-4-5-16(14-18)21(23,24)25/h4-6,14-15,17,19,22,28H,7-13H2,1-3H3. The number of hydrogen-bond donors (Lipinski definition) is 1. The summed E-state index contributed by atoms with van der Waals surface area (Å²) in [6.45, 7) is 4.29. The quantitative estimate of drug-likeness (QED) is 0.489.